The number of aryl methyl sites for hydroxylation is 2. The maximum atomic E-state index is 15.0. The van der Waals surface area contributed by atoms with Crippen molar-refractivity contribution in [1.82, 2.24) is 15.0 Å². The molecule has 5 rings (SSSR count). The molecule has 1 aliphatic rings. The zero-order valence-electron chi connectivity index (χ0n) is 20.4. The van der Waals surface area contributed by atoms with Gasteiger partial charge in [-0.15, -0.1) is 0 Å². The Morgan fingerprint density at radius 3 is 2.56 bits per heavy atom. The summed E-state index contributed by atoms with van der Waals surface area (Å²) < 4.78 is 34.9. The smallest absolute Gasteiger partial charge is 0.156 e. The van der Waals surface area contributed by atoms with E-state index in [1.807, 2.05) is 33.8 Å². The third-order valence-corrected chi connectivity index (χ3v) is 6.18. The Balaban J connectivity index is 1.80. The van der Waals surface area contributed by atoms with Crippen LogP contribution in [0, 0.1) is 25.5 Å². The average molecular weight is 486 g/mol. The molecule has 182 valence electrons. The highest BCUT2D eigenvalue weighted by atomic mass is 19.1. The normalized spacial score (nSPS) is 16.7. The van der Waals surface area contributed by atoms with Crippen molar-refractivity contribution in [3.63, 3.8) is 0 Å². The SMILES string of the molecule is Cc1cc(C2(c3ccnc(-c4cncc(F)c4)c3)N=C(N)c3c(F)cccc32)nc(C)c1OC(C)C. The van der Waals surface area contributed by atoms with Gasteiger partial charge in [0.15, 0.2) is 5.54 Å². The monoisotopic (exact) mass is 485 g/mol. The molecule has 4 aromatic rings. The molecule has 4 heterocycles. The summed E-state index contributed by atoms with van der Waals surface area (Å²) in [6.45, 7) is 7.71. The number of aliphatic imine (C=N–C) groups is 1. The maximum Gasteiger partial charge on any atom is 0.156 e. The number of aromatic nitrogens is 3. The summed E-state index contributed by atoms with van der Waals surface area (Å²) in [5.74, 6) is -0.167. The largest absolute Gasteiger partial charge is 0.489 e. The second-order valence-electron chi connectivity index (χ2n) is 9.10. The molecule has 0 bridgehead atoms. The Morgan fingerprint density at radius 2 is 1.83 bits per heavy atom. The van der Waals surface area contributed by atoms with Crippen LogP contribution in [0.2, 0.25) is 0 Å². The van der Waals surface area contributed by atoms with E-state index in [1.54, 1.807) is 30.5 Å². The molecule has 0 aliphatic carbocycles. The van der Waals surface area contributed by atoms with Gasteiger partial charge in [0.1, 0.15) is 23.2 Å². The second-order valence-corrected chi connectivity index (χ2v) is 9.10. The Bertz CT molecular complexity index is 1490. The lowest BCUT2D eigenvalue weighted by atomic mass is 9.79. The van der Waals surface area contributed by atoms with E-state index in [4.69, 9.17) is 20.4 Å². The Kier molecular flexibility index (Phi) is 5.74. The van der Waals surface area contributed by atoms with Crippen molar-refractivity contribution in [3.05, 3.63) is 106 Å². The van der Waals surface area contributed by atoms with Gasteiger partial charge in [-0.3, -0.25) is 15.0 Å². The number of pyridine rings is 3. The molecule has 0 amide bonds. The number of halogens is 2. The predicted molar refractivity (Wildman–Crippen MR) is 134 cm³/mol. The van der Waals surface area contributed by atoms with Crippen molar-refractivity contribution in [1.29, 1.82) is 0 Å². The number of fused-ring (bicyclic) bond motifs is 1. The molecular formula is C28H25F2N5O. The number of nitrogens with two attached hydrogens (primary N) is 1. The van der Waals surface area contributed by atoms with Crippen LogP contribution < -0.4 is 10.5 Å². The minimum absolute atomic E-state index is 0.0263. The first-order valence-corrected chi connectivity index (χ1v) is 11.6. The van der Waals surface area contributed by atoms with Crippen LogP contribution in [0.15, 0.2) is 66.0 Å². The number of rotatable bonds is 5. The maximum absolute atomic E-state index is 15.0. The molecule has 0 saturated heterocycles. The molecule has 0 fully saturated rings. The Hall–Kier alpha value is -4.20. The Morgan fingerprint density at radius 1 is 1.03 bits per heavy atom. The summed E-state index contributed by atoms with van der Waals surface area (Å²) in [6.07, 6.45) is 4.25. The molecule has 2 N–H and O–H groups in total. The minimum atomic E-state index is -1.24. The molecule has 0 radical (unpaired) electrons. The molecule has 3 aromatic heterocycles. The third kappa shape index (κ3) is 3.79. The number of amidine groups is 1. The minimum Gasteiger partial charge on any atom is -0.489 e. The van der Waals surface area contributed by atoms with E-state index in [0.29, 0.717) is 39.5 Å². The molecule has 36 heavy (non-hydrogen) atoms. The fourth-order valence-corrected chi connectivity index (χ4v) is 4.73. The molecular weight excluding hydrogens is 460 g/mol. The summed E-state index contributed by atoms with van der Waals surface area (Å²) in [7, 11) is 0. The standard InChI is InChI=1S/C28H25F2N5O/c1-15(2)36-26-16(3)10-24(34-17(26)4)28(21-6-5-7-22(30)25(21)27(31)35-28)19-8-9-33-23(12-19)18-11-20(29)14-32-13-18/h5-15H,1-4H3,(H2,31,35). The number of hydrogen-bond donors (Lipinski definition) is 1. The molecule has 6 nitrogen and oxygen atoms in total. The molecule has 1 aromatic carbocycles. The highest BCUT2D eigenvalue weighted by Gasteiger charge is 2.46. The van der Waals surface area contributed by atoms with Crippen molar-refractivity contribution < 1.29 is 13.5 Å². The van der Waals surface area contributed by atoms with Crippen molar-refractivity contribution in [3.8, 4) is 17.0 Å². The van der Waals surface area contributed by atoms with Crippen molar-refractivity contribution in [2.45, 2.75) is 39.3 Å². The molecule has 1 unspecified atom stereocenters. The fraction of sp³-hybridized carbons (Fsp3) is 0.214. The summed E-state index contributed by atoms with van der Waals surface area (Å²) in [5.41, 5.74) is 9.65. The fourth-order valence-electron chi connectivity index (χ4n) is 4.73. The van der Waals surface area contributed by atoms with Crippen molar-refractivity contribution >= 4 is 5.84 Å². The topological polar surface area (TPSA) is 86.3 Å². The van der Waals surface area contributed by atoms with Crippen LogP contribution in [0.25, 0.3) is 11.3 Å². The molecule has 1 aliphatic heterocycles. The van der Waals surface area contributed by atoms with E-state index in [-0.39, 0.29) is 17.5 Å². The van der Waals surface area contributed by atoms with Gasteiger partial charge in [0.25, 0.3) is 0 Å². The average Bonchev–Trinajstić information content (AvgIpc) is 3.16. The lowest BCUT2D eigenvalue weighted by Gasteiger charge is -2.29. The van der Waals surface area contributed by atoms with Crippen LogP contribution in [0.3, 0.4) is 0 Å². The van der Waals surface area contributed by atoms with Crippen LogP contribution in [0.4, 0.5) is 8.78 Å². The van der Waals surface area contributed by atoms with Crippen molar-refractivity contribution in [2.75, 3.05) is 0 Å². The van der Waals surface area contributed by atoms with Gasteiger partial charge in [0.2, 0.25) is 0 Å². The van der Waals surface area contributed by atoms with E-state index in [0.717, 1.165) is 11.8 Å². The second kappa shape index (κ2) is 8.78. The highest BCUT2D eigenvalue weighted by molar-refractivity contribution is 6.03. The molecule has 0 spiro atoms. The first-order valence-electron chi connectivity index (χ1n) is 11.6. The van der Waals surface area contributed by atoms with Gasteiger partial charge in [0, 0.05) is 23.5 Å². The van der Waals surface area contributed by atoms with Crippen LogP contribution in [-0.2, 0) is 5.54 Å². The highest BCUT2D eigenvalue weighted by Crippen LogP contribution is 2.47. The zero-order chi connectivity index (χ0) is 25.6. The van der Waals surface area contributed by atoms with Gasteiger partial charge in [0.05, 0.1) is 34.9 Å². The van der Waals surface area contributed by atoms with E-state index >= 15 is 4.39 Å². The van der Waals surface area contributed by atoms with Crippen LogP contribution >= 0.6 is 0 Å². The molecule has 8 heteroatoms. The lowest BCUT2D eigenvalue weighted by Crippen LogP contribution is -2.28. The summed E-state index contributed by atoms with van der Waals surface area (Å²) in [6, 6.07) is 11.6. The molecule has 0 saturated carbocycles. The molecule has 1 atom stereocenters. The predicted octanol–water partition coefficient (Wildman–Crippen LogP) is 5.23. The summed E-state index contributed by atoms with van der Waals surface area (Å²) in [5, 5.41) is 0. The van der Waals surface area contributed by atoms with Crippen molar-refractivity contribution in [2.24, 2.45) is 10.7 Å². The van der Waals surface area contributed by atoms with Gasteiger partial charge >= 0.3 is 0 Å². The first-order chi connectivity index (χ1) is 17.2. The summed E-state index contributed by atoms with van der Waals surface area (Å²) >= 11 is 0. The van der Waals surface area contributed by atoms with Gasteiger partial charge in [-0.25, -0.2) is 13.8 Å². The van der Waals surface area contributed by atoms with E-state index in [2.05, 4.69) is 9.97 Å². The van der Waals surface area contributed by atoms with Crippen LogP contribution in [0.5, 0.6) is 5.75 Å². The number of ether oxygens (including phenoxy) is 1. The van der Waals surface area contributed by atoms with Gasteiger partial charge in [-0.1, -0.05) is 12.1 Å². The quantitative estimate of drug-likeness (QED) is 0.418. The van der Waals surface area contributed by atoms with Crippen LogP contribution in [-0.4, -0.2) is 26.9 Å². The van der Waals surface area contributed by atoms with Gasteiger partial charge in [-0.2, -0.15) is 0 Å². The Labute approximate surface area is 207 Å². The number of nitrogens with zero attached hydrogens (tertiary/aromatic N) is 4. The number of hydrogen-bond acceptors (Lipinski definition) is 6. The van der Waals surface area contributed by atoms with Gasteiger partial charge in [-0.05, 0) is 69.2 Å². The zero-order valence-corrected chi connectivity index (χ0v) is 20.4. The first kappa shape index (κ1) is 23.5. The summed E-state index contributed by atoms with van der Waals surface area (Å²) in [4.78, 5) is 18.1. The van der Waals surface area contributed by atoms with Crippen LogP contribution in [0.1, 0.15) is 47.5 Å². The third-order valence-electron chi connectivity index (χ3n) is 6.18. The lowest BCUT2D eigenvalue weighted by molar-refractivity contribution is 0.237. The van der Waals surface area contributed by atoms with E-state index in [1.165, 1.54) is 18.3 Å². The van der Waals surface area contributed by atoms with E-state index in [9.17, 15) is 4.39 Å². The van der Waals surface area contributed by atoms with Gasteiger partial charge < -0.3 is 10.5 Å². The van der Waals surface area contributed by atoms with E-state index < -0.39 is 17.2 Å². The number of benzene rings is 1.